The molecule has 1 unspecified atom stereocenters. The Morgan fingerprint density at radius 2 is 1.70 bits per heavy atom. The minimum absolute atomic E-state index is 0.00664. The van der Waals surface area contributed by atoms with Crippen LogP contribution in [-0.2, 0) is 20.7 Å². The molecule has 1 atom stereocenters. The van der Waals surface area contributed by atoms with Gasteiger partial charge in [-0.15, -0.1) is 4.58 Å². The number of imide groups is 1. The molecule has 3 heterocycles. The lowest BCUT2D eigenvalue weighted by molar-refractivity contribution is -0.132. The van der Waals surface area contributed by atoms with Crippen LogP contribution in [0, 0.1) is 5.82 Å². The van der Waals surface area contributed by atoms with Crippen molar-refractivity contribution in [2.75, 3.05) is 26.8 Å². The van der Waals surface area contributed by atoms with Crippen LogP contribution in [0.25, 0.3) is 12.3 Å². The minimum atomic E-state index is -3.81. The van der Waals surface area contributed by atoms with Gasteiger partial charge in [-0.2, -0.15) is 8.78 Å². The highest BCUT2D eigenvalue weighted by molar-refractivity contribution is 6.21. The number of fused-ring (bicyclic) bond motifs is 2. The van der Waals surface area contributed by atoms with E-state index in [0.717, 1.165) is 0 Å². The highest BCUT2D eigenvalue weighted by Crippen LogP contribution is 2.28. The van der Waals surface area contributed by atoms with E-state index >= 15 is 8.78 Å². The Bertz CT molecular complexity index is 1750. The number of methoxy groups -OCH3 is 1. The van der Waals surface area contributed by atoms with Crippen LogP contribution in [0.5, 0.6) is 0 Å². The lowest BCUT2D eigenvalue weighted by Crippen LogP contribution is -2.56. The molecule has 12 heteroatoms. The summed E-state index contributed by atoms with van der Waals surface area (Å²) in [6, 6.07) is 11.4. The molecule has 0 fully saturated rings. The molecule has 3 aromatic rings. The quantitative estimate of drug-likeness (QED) is 0.218. The summed E-state index contributed by atoms with van der Waals surface area (Å²) >= 11 is 0. The largest absolute Gasteiger partial charge is 0.505 e. The van der Waals surface area contributed by atoms with E-state index in [1.54, 1.807) is 6.92 Å². The van der Waals surface area contributed by atoms with E-state index < -0.39 is 60.2 Å². The van der Waals surface area contributed by atoms with Gasteiger partial charge in [0.2, 0.25) is 11.9 Å². The Balaban J connectivity index is 1.60. The first-order valence-electron chi connectivity index (χ1n) is 13.3. The second-order valence-electron chi connectivity index (χ2n) is 10.0. The van der Waals surface area contributed by atoms with Gasteiger partial charge in [-0.25, -0.2) is 14.2 Å². The number of carbonyl (C=O) groups is 3. The number of aliphatic hydroxyl groups excluding tert-OH is 1. The van der Waals surface area contributed by atoms with Crippen molar-refractivity contribution in [1.29, 1.82) is 0 Å². The summed E-state index contributed by atoms with van der Waals surface area (Å²) in [5, 5.41) is 11.1. The number of ether oxygens (including phenoxy) is 2. The molecule has 1 aromatic heterocycles. The first kappa shape index (κ1) is 29.8. The van der Waals surface area contributed by atoms with Crippen LogP contribution in [0.4, 0.5) is 13.2 Å². The predicted octanol–water partition coefficient (Wildman–Crippen LogP) is 2.46. The molecule has 0 spiro atoms. The monoisotopic (exact) mass is 594 g/mol. The average molecular weight is 595 g/mol. The minimum Gasteiger partial charge on any atom is -0.505 e. The fourth-order valence-electron chi connectivity index (χ4n) is 5.17. The van der Waals surface area contributed by atoms with Crippen LogP contribution in [0.2, 0.25) is 0 Å². The van der Waals surface area contributed by atoms with Crippen molar-refractivity contribution in [1.82, 2.24) is 14.5 Å². The average Bonchev–Trinajstić information content (AvgIpc) is 3.21. The van der Waals surface area contributed by atoms with Gasteiger partial charge in [-0.1, -0.05) is 30.8 Å². The van der Waals surface area contributed by atoms with E-state index in [0.29, 0.717) is 20.6 Å². The first-order valence-corrected chi connectivity index (χ1v) is 13.3. The molecular weight excluding hydrogens is 567 g/mol. The second kappa shape index (κ2) is 11.5. The number of hydrogen-bond acceptors (Lipinski definition) is 7. The Labute approximate surface area is 243 Å². The van der Waals surface area contributed by atoms with Crippen LogP contribution in [-0.4, -0.2) is 71.7 Å². The molecule has 3 amide bonds. The van der Waals surface area contributed by atoms with E-state index in [-0.39, 0.29) is 40.4 Å². The number of amides is 3. The molecule has 0 saturated carbocycles. The summed E-state index contributed by atoms with van der Waals surface area (Å²) in [5.74, 6) is -7.69. The van der Waals surface area contributed by atoms with E-state index in [4.69, 9.17) is 9.47 Å². The van der Waals surface area contributed by atoms with Gasteiger partial charge >= 0.3 is 11.8 Å². The van der Waals surface area contributed by atoms with Crippen LogP contribution in [0.15, 0.2) is 60.3 Å². The fraction of sp³-hybridized carbons (Fsp3) is 0.258. The van der Waals surface area contributed by atoms with Crippen LogP contribution < -0.4 is 15.2 Å². The van der Waals surface area contributed by atoms with Crippen molar-refractivity contribution in [3.8, 4) is 0 Å². The van der Waals surface area contributed by atoms with E-state index in [1.165, 1.54) is 61.8 Å². The fourth-order valence-corrected chi connectivity index (χ4v) is 5.17. The lowest BCUT2D eigenvalue weighted by Gasteiger charge is -2.23. The lowest BCUT2D eigenvalue weighted by atomic mass is 10.0. The van der Waals surface area contributed by atoms with Crippen molar-refractivity contribution in [3.63, 3.8) is 0 Å². The van der Waals surface area contributed by atoms with Gasteiger partial charge in [-0.3, -0.25) is 14.5 Å². The molecule has 2 aliphatic heterocycles. The zero-order chi connectivity index (χ0) is 31.1. The molecule has 0 bridgehead atoms. The highest BCUT2D eigenvalue weighted by atomic mass is 19.3. The molecule has 2 aromatic carbocycles. The molecule has 5 rings (SSSR count). The summed E-state index contributed by atoms with van der Waals surface area (Å²) in [5.41, 5.74) is 0.441. The van der Waals surface area contributed by atoms with Crippen molar-refractivity contribution in [2.24, 2.45) is 0 Å². The van der Waals surface area contributed by atoms with Crippen molar-refractivity contribution in [3.05, 3.63) is 105 Å². The van der Waals surface area contributed by atoms with Crippen LogP contribution in [0.1, 0.15) is 44.5 Å². The second-order valence-corrected chi connectivity index (χ2v) is 10.0. The highest BCUT2D eigenvalue weighted by Gasteiger charge is 2.49. The van der Waals surface area contributed by atoms with Crippen molar-refractivity contribution >= 4 is 30.1 Å². The Morgan fingerprint density at radius 3 is 2.28 bits per heavy atom. The number of nitrogens with zero attached hydrogens (tertiary/aromatic N) is 3. The molecule has 9 nitrogen and oxygen atoms in total. The zero-order valence-electron chi connectivity index (χ0n) is 23.3. The Hall–Kier alpha value is -4.68. The molecular formula is C31H27F3N3O6+. The molecule has 1 N–H and O–H groups in total. The summed E-state index contributed by atoms with van der Waals surface area (Å²) in [4.78, 5) is 44.2. The Kier molecular flexibility index (Phi) is 8.00. The SMILES string of the molecule is C=c1c(Cc2ccc(F)cc2)cnc2c1=[N+](CC(F)(F)CN1C(=O)c3ccccc3C1=O)C(=O)C(C(OC)OCC)=C2O. The van der Waals surface area contributed by atoms with Gasteiger partial charge in [-0.05, 0) is 48.7 Å². The topological polar surface area (TPSA) is 109 Å². The van der Waals surface area contributed by atoms with Gasteiger partial charge in [0, 0.05) is 25.1 Å². The zero-order valence-corrected chi connectivity index (χ0v) is 23.3. The number of rotatable bonds is 10. The number of carbonyl (C=O) groups excluding carboxylic acids is 3. The van der Waals surface area contributed by atoms with E-state index in [9.17, 15) is 23.9 Å². The number of aromatic nitrogens is 1. The summed E-state index contributed by atoms with van der Waals surface area (Å²) < 4.78 is 56.4. The number of pyridine rings is 1. The third kappa shape index (κ3) is 5.46. The van der Waals surface area contributed by atoms with Crippen LogP contribution in [0.3, 0.4) is 0 Å². The number of benzene rings is 2. The predicted molar refractivity (Wildman–Crippen MR) is 148 cm³/mol. The smallest absolute Gasteiger partial charge is 0.425 e. The number of halogens is 3. The van der Waals surface area contributed by atoms with Gasteiger partial charge in [0.1, 0.15) is 5.82 Å². The van der Waals surface area contributed by atoms with E-state index in [2.05, 4.69) is 11.6 Å². The van der Waals surface area contributed by atoms with Gasteiger partial charge < -0.3 is 14.6 Å². The normalized spacial score (nSPS) is 15.7. The third-order valence-electron chi connectivity index (χ3n) is 7.20. The molecule has 0 aliphatic carbocycles. The summed E-state index contributed by atoms with van der Waals surface area (Å²) in [7, 11) is 1.22. The molecule has 2 aliphatic rings. The molecule has 0 radical (unpaired) electrons. The maximum Gasteiger partial charge on any atom is 0.425 e. The van der Waals surface area contributed by atoms with Crippen molar-refractivity contribution in [2.45, 2.75) is 25.6 Å². The van der Waals surface area contributed by atoms with Crippen molar-refractivity contribution < 1.29 is 42.1 Å². The maximum atomic E-state index is 15.8. The molecule has 0 saturated heterocycles. The Morgan fingerprint density at radius 1 is 1.07 bits per heavy atom. The number of hydrogen-bond donors (Lipinski definition) is 1. The number of aliphatic hydroxyl groups is 1. The third-order valence-corrected chi connectivity index (χ3v) is 7.20. The number of alkyl halides is 2. The maximum absolute atomic E-state index is 15.8. The van der Waals surface area contributed by atoms with Gasteiger partial charge in [0.05, 0.1) is 17.7 Å². The first-order chi connectivity index (χ1) is 20.5. The van der Waals surface area contributed by atoms with Gasteiger partial charge in [0.25, 0.3) is 11.8 Å². The molecule has 43 heavy (non-hydrogen) atoms. The summed E-state index contributed by atoms with van der Waals surface area (Å²) in [6.45, 7) is 3.09. The van der Waals surface area contributed by atoms with Crippen LogP contribution >= 0.6 is 0 Å². The molecule has 222 valence electrons. The van der Waals surface area contributed by atoms with Gasteiger partial charge in [0.15, 0.2) is 23.3 Å². The standard InChI is InChI=1S/C31H26F3N3O6/c1-4-43-30(42-3)23-26(38)24-25(17(2)19(14-35-24)13-18-9-11-20(32)12-10-18)36(29(23)41)15-31(33,34)16-37-27(39)21-7-5-6-8-22(21)28(37)40/h5-12,14,30H,2,4,13,15-16H2,1,3H3/p+1. The summed E-state index contributed by atoms with van der Waals surface area (Å²) in [6.07, 6.45) is 0.141. The van der Waals surface area contributed by atoms with E-state index in [1.807, 2.05) is 0 Å².